The van der Waals surface area contributed by atoms with E-state index in [-0.39, 0.29) is 17.5 Å². The molecule has 0 aliphatic heterocycles. The molecule has 0 atom stereocenters. The number of carbonyl (C=O) groups is 1. The first-order chi connectivity index (χ1) is 3.95. The SMILES string of the molecule is COC(=O)CC(C)(C)C.N. The summed E-state index contributed by atoms with van der Waals surface area (Å²) in [6.07, 6.45) is 0.490. The first kappa shape index (κ1) is 12.1. The van der Waals surface area contributed by atoms with Crippen LogP contribution in [0.2, 0.25) is 0 Å². The van der Waals surface area contributed by atoms with E-state index < -0.39 is 0 Å². The van der Waals surface area contributed by atoms with Crippen molar-refractivity contribution in [3.05, 3.63) is 0 Å². The second-order valence-electron chi connectivity index (χ2n) is 3.31. The van der Waals surface area contributed by atoms with Crippen molar-refractivity contribution in [3.8, 4) is 0 Å². The number of ether oxygens (including phenoxy) is 1. The molecule has 0 aromatic carbocycles. The lowest BCUT2D eigenvalue weighted by Gasteiger charge is -2.14. The molecular weight excluding hydrogens is 130 g/mol. The summed E-state index contributed by atoms with van der Waals surface area (Å²) in [6.45, 7) is 6.01. The molecule has 3 N–H and O–H groups in total. The molecule has 0 aliphatic carbocycles. The molecule has 10 heavy (non-hydrogen) atoms. The molecule has 0 aliphatic rings. The molecule has 3 heteroatoms. The molecule has 62 valence electrons. The molecule has 0 saturated carbocycles. The van der Waals surface area contributed by atoms with Crippen molar-refractivity contribution < 1.29 is 9.53 Å². The molecule has 0 amide bonds. The van der Waals surface area contributed by atoms with Gasteiger partial charge in [-0.25, -0.2) is 0 Å². The maximum atomic E-state index is 10.6. The fourth-order valence-corrected chi connectivity index (χ4v) is 0.505. The number of esters is 1. The minimum atomic E-state index is -0.137. The maximum absolute atomic E-state index is 10.6. The summed E-state index contributed by atoms with van der Waals surface area (Å²) in [4.78, 5) is 10.6. The molecule has 3 nitrogen and oxygen atoms in total. The molecule has 0 bridgehead atoms. The van der Waals surface area contributed by atoms with Crippen molar-refractivity contribution in [3.63, 3.8) is 0 Å². The van der Waals surface area contributed by atoms with Gasteiger partial charge >= 0.3 is 5.97 Å². The van der Waals surface area contributed by atoms with Crippen molar-refractivity contribution in [2.75, 3.05) is 7.11 Å². The van der Waals surface area contributed by atoms with Gasteiger partial charge in [0.1, 0.15) is 0 Å². The zero-order chi connectivity index (χ0) is 7.49. The van der Waals surface area contributed by atoms with E-state index in [1.807, 2.05) is 20.8 Å². The highest BCUT2D eigenvalue weighted by Crippen LogP contribution is 2.18. The summed E-state index contributed by atoms with van der Waals surface area (Å²) in [5.41, 5.74) is 0.0487. The van der Waals surface area contributed by atoms with Crippen molar-refractivity contribution >= 4 is 5.97 Å². The predicted octanol–water partition coefficient (Wildman–Crippen LogP) is 1.76. The molecule has 0 aromatic heterocycles. The van der Waals surface area contributed by atoms with E-state index >= 15 is 0 Å². The summed E-state index contributed by atoms with van der Waals surface area (Å²) in [5.74, 6) is -0.137. The minimum absolute atomic E-state index is 0. The zero-order valence-electron chi connectivity index (χ0n) is 7.23. The molecule has 0 fully saturated rings. The van der Waals surface area contributed by atoms with E-state index in [2.05, 4.69) is 4.74 Å². The highest BCUT2D eigenvalue weighted by Gasteiger charge is 2.15. The lowest BCUT2D eigenvalue weighted by atomic mass is 9.93. The van der Waals surface area contributed by atoms with Gasteiger partial charge in [-0.1, -0.05) is 20.8 Å². The Hall–Kier alpha value is -0.570. The van der Waals surface area contributed by atoms with E-state index in [4.69, 9.17) is 0 Å². The topological polar surface area (TPSA) is 61.3 Å². The van der Waals surface area contributed by atoms with Crippen molar-refractivity contribution in [1.29, 1.82) is 0 Å². The van der Waals surface area contributed by atoms with E-state index in [0.717, 1.165) is 0 Å². The molecule has 0 saturated heterocycles. The third kappa shape index (κ3) is 7.43. The van der Waals surface area contributed by atoms with Crippen LogP contribution >= 0.6 is 0 Å². The van der Waals surface area contributed by atoms with Gasteiger partial charge in [-0.05, 0) is 5.41 Å². The lowest BCUT2D eigenvalue weighted by Crippen LogP contribution is -2.13. The summed E-state index contributed by atoms with van der Waals surface area (Å²) >= 11 is 0. The van der Waals surface area contributed by atoms with Gasteiger partial charge < -0.3 is 10.9 Å². The fourth-order valence-electron chi connectivity index (χ4n) is 0.505. The van der Waals surface area contributed by atoms with Gasteiger partial charge in [-0.15, -0.1) is 0 Å². The largest absolute Gasteiger partial charge is 0.469 e. The van der Waals surface area contributed by atoms with E-state index in [1.54, 1.807) is 0 Å². The standard InChI is InChI=1S/C7H14O2.H3N/c1-7(2,3)5-6(8)9-4;/h5H2,1-4H3;1H3. The third-order valence-electron chi connectivity index (χ3n) is 0.902. The highest BCUT2D eigenvalue weighted by molar-refractivity contribution is 5.69. The van der Waals surface area contributed by atoms with Gasteiger partial charge in [0.2, 0.25) is 0 Å². The normalized spacial score (nSPS) is 10.0. The second kappa shape index (κ2) is 4.28. The smallest absolute Gasteiger partial charge is 0.306 e. The number of rotatable bonds is 1. The number of hydrogen-bond donors (Lipinski definition) is 1. The van der Waals surface area contributed by atoms with Gasteiger partial charge in [-0.2, -0.15) is 0 Å². The number of carbonyl (C=O) groups excluding carboxylic acids is 1. The summed E-state index contributed by atoms with van der Waals surface area (Å²) in [6, 6.07) is 0. The molecule has 0 unspecified atom stereocenters. The highest BCUT2D eigenvalue weighted by atomic mass is 16.5. The van der Waals surface area contributed by atoms with Crippen LogP contribution in [0.1, 0.15) is 27.2 Å². The lowest BCUT2D eigenvalue weighted by molar-refractivity contribution is -0.142. The maximum Gasteiger partial charge on any atom is 0.306 e. The summed E-state index contributed by atoms with van der Waals surface area (Å²) in [5, 5.41) is 0. The molecular formula is C7H17NO2. The van der Waals surface area contributed by atoms with Crippen molar-refractivity contribution in [2.45, 2.75) is 27.2 Å². The van der Waals surface area contributed by atoms with Crippen LogP contribution in [-0.4, -0.2) is 13.1 Å². The van der Waals surface area contributed by atoms with E-state index in [1.165, 1.54) is 7.11 Å². The Kier molecular flexibility index (Phi) is 5.19. The van der Waals surface area contributed by atoms with E-state index in [9.17, 15) is 4.79 Å². The Bertz CT molecular complexity index is 105. The van der Waals surface area contributed by atoms with Gasteiger partial charge in [0.15, 0.2) is 0 Å². The van der Waals surface area contributed by atoms with Crippen LogP contribution in [0, 0.1) is 5.41 Å². The van der Waals surface area contributed by atoms with Crippen molar-refractivity contribution in [2.24, 2.45) is 5.41 Å². The third-order valence-corrected chi connectivity index (χ3v) is 0.902. The van der Waals surface area contributed by atoms with Crippen LogP contribution < -0.4 is 6.15 Å². The minimum Gasteiger partial charge on any atom is -0.469 e. The van der Waals surface area contributed by atoms with Crippen LogP contribution in [-0.2, 0) is 9.53 Å². The monoisotopic (exact) mass is 147 g/mol. The van der Waals surface area contributed by atoms with Gasteiger partial charge in [0.05, 0.1) is 13.5 Å². The Morgan fingerprint density at radius 1 is 1.40 bits per heavy atom. The second-order valence-corrected chi connectivity index (χ2v) is 3.31. The average Bonchev–Trinajstić information content (AvgIpc) is 1.62. The average molecular weight is 147 g/mol. The van der Waals surface area contributed by atoms with Crippen LogP contribution in [0.3, 0.4) is 0 Å². The van der Waals surface area contributed by atoms with Crippen molar-refractivity contribution in [1.82, 2.24) is 6.15 Å². The van der Waals surface area contributed by atoms with Gasteiger partial charge in [0, 0.05) is 0 Å². The zero-order valence-corrected chi connectivity index (χ0v) is 7.23. The summed E-state index contributed by atoms with van der Waals surface area (Å²) < 4.78 is 4.49. The number of hydrogen-bond acceptors (Lipinski definition) is 3. The fraction of sp³-hybridized carbons (Fsp3) is 0.857. The predicted molar refractivity (Wildman–Crippen MR) is 41.1 cm³/mol. The first-order valence-electron chi connectivity index (χ1n) is 3.02. The molecule has 0 spiro atoms. The van der Waals surface area contributed by atoms with Crippen LogP contribution in [0.5, 0.6) is 0 Å². The molecule has 0 rings (SSSR count). The van der Waals surface area contributed by atoms with Crippen LogP contribution in [0.4, 0.5) is 0 Å². The molecule has 0 radical (unpaired) electrons. The number of methoxy groups -OCH3 is 1. The van der Waals surface area contributed by atoms with Crippen LogP contribution in [0.15, 0.2) is 0 Å². The Labute approximate surface area is 62.3 Å². The quantitative estimate of drug-likeness (QED) is 0.575. The molecule has 0 aromatic rings. The Morgan fingerprint density at radius 2 is 1.80 bits per heavy atom. The molecule has 0 heterocycles. The first-order valence-corrected chi connectivity index (χ1v) is 3.02. The van der Waals surface area contributed by atoms with E-state index in [0.29, 0.717) is 6.42 Å². The Morgan fingerprint density at radius 3 is 1.90 bits per heavy atom. The summed E-state index contributed by atoms with van der Waals surface area (Å²) in [7, 11) is 1.41. The van der Waals surface area contributed by atoms with Gasteiger partial charge in [0.25, 0.3) is 0 Å². The van der Waals surface area contributed by atoms with Gasteiger partial charge in [-0.3, -0.25) is 4.79 Å². The Balaban J connectivity index is 0. The van der Waals surface area contributed by atoms with Crippen LogP contribution in [0.25, 0.3) is 0 Å².